The van der Waals surface area contributed by atoms with Crippen molar-refractivity contribution in [2.45, 2.75) is 79.1 Å². The summed E-state index contributed by atoms with van der Waals surface area (Å²) in [7, 11) is 1.63. The third-order valence-corrected chi connectivity index (χ3v) is 4.23. The minimum absolute atomic E-state index is 0.0860. The van der Waals surface area contributed by atoms with Crippen molar-refractivity contribution in [3.05, 3.63) is 0 Å². The van der Waals surface area contributed by atoms with Crippen molar-refractivity contribution in [3.63, 3.8) is 0 Å². The summed E-state index contributed by atoms with van der Waals surface area (Å²) >= 11 is 0. The molecule has 1 saturated heterocycles. The van der Waals surface area contributed by atoms with Crippen LogP contribution in [-0.2, 0) is 19.1 Å². The Bertz CT molecular complexity index is 560. The SMILES string of the molecule is CC(C)[C@@H](C(=O)OC(C)(C)C)N(C)C(=O)C1CCN(C(=O)OC(C)(C)C)C1. The van der Waals surface area contributed by atoms with E-state index in [2.05, 4.69) is 0 Å². The number of likely N-dealkylation sites (tertiary alicyclic amines) is 1. The molecule has 2 atom stereocenters. The van der Waals surface area contributed by atoms with Gasteiger partial charge in [0, 0.05) is 20.1 Å². The molecular weight excluding hydrogens is 348 g/mol. The maximum absolute atomic E-state index is 13.0. The maximum atomic E-state index is 13.0. The molecule has 0 aromatic carbocycles. The Labute approximate surface area is 163 Å². The zero-order valence-corrected chi connectivity index (χ0v) is 18.3. The molecule has 2 amide bonds. The predicted octanol–water partition coefficient (Wildman–Crippen LogP) is 3.07. The number of ether oxygens (including phenoxy) is 2. The third-order valence-electron chi connectivity index (χ3n) is 4.23. The number of esters is 1. The van der Waals surface area contributed by atoms with Crippen molar-refractivity contribution in [2.24, 2.45) is 11.8 Å². The van der Waals surface area contributed by atoms with Crippen LogP contribution < -0.4 is 0 Å². The van der Waals surface area contributed by atoms with E-state index in [1.807, 2.05) is 34.6 Å². The van der Waals surface area contributed by atoms with Gasteiger partial charge in [-0.15, -0.1) is 0 Å². The number of likely N-dealkylation sites (N-methyl/N-ethyl adjacent to an activating group) is 1. The summed E-state index contributed by atoms with van der Waals surface area (Å²) in [6.45, 7) is 15.4. The molecule has 0 saturated carbocycles. The molecule has 1 rings (SSSR count). The van der Waals surface area contributed by atoms with Gasteiger partial charge in [-0.3, -0.25) is 4.79 Å². The van der Waals surface area contributed by atoms with Gasteiger partial charge in [0.2, 0.25) is 5.91 Å². The number of carbonyl (C=O) groups is 3. The van der Waals surface area contributed by atoms with E-state index in [0.717, 1.165) is 0 Å². The van der Waals surface area contributed by atoms with Crippen LogP contribution in [0.1, 0.15) is 61.8 Å². The summed E-state index contributed by atoms with van der Waals surface area (Å²) < 4.78 is 10.9. The van der Waals surface area contributed by atoms with Gasteiger partial charge in [-0.05, 0) is 53.9 Å². The molecule has 27 heavy (non-hydrogen) atoms. The molecule has 0 aromatic rings. The van der Waals surface area contributed by atoms with Gasteiger partial charge in [0.1, 0.15) is 17.2 Å². The number of carbonyl (C=O) groups excluding carboxylic acids is 3. The number of amides is 2. The molecule has 0 radical (unpaired) electrons. The molecule has 1 fully saturated rings. The highest BCUT2D eigenvalue weighted by atomic mass is 16.6. The molecule has 0 aliphatic carbocycles. The maximum Gasteiger partial charge on any atom is 0.410 e. The minimum atomic E-state index is -0.660. The van der Waals surface area contributed by atoms with Crippen molar-refractivity contribution in [1.29, 1.82) is 0 Å². The van der Waals surface area contributed by atoms with Gasteiger partial charge in [0.05, 0.1) is 5.92 Å². The Balaban J connectivity index is 2.79. The number of nitrogens with zero attached hydrogens (tertiary/aromatic N) is 2. The van der Waals surface area contributed by atoms with Crippen LogP contribution in [0, 0.1) is 11.8 Å². The van der Waals surface area contributed by atoms with E-state index >= 15 is 0 Å². The average Bonchev–Trinajstić information content (AvgIpc) is 2.91. The van der Waals surface area contributed by atoms with Crippen LogP contribution >= 0.6 is 0 Å². The quantitative estimate of drug-likeness (QED) is 0.696. The molecule has 1 unspecified atom stereocenters. The van der Waals surface area contributed by atoms with Gasteiger partial charge in [-0.25, -0.2) is 9.59 Å². The summed E-state index contributed by atoms with van der Waals surface area (Å²) in [4.78, 5) is 40.8. The highest BCUT2D eigenvalue weighted by Gasteiger charge is 2.39. The zero-order chi connectivity index (χ0) is 21.2. The second-order valence-corrected chi connectivity index (χ2v) is 9.58. The second kappa shape index (κ2) is 8.48. The molecule has 1 aliphatic rings. The molecule has 7 heteroatoms. The smallest absolute Gasteiger partial charge is 0.410 e. The lowest BCUT2D eigenvalue weighted by atomic mass is 9.99. The van der Waals surface area contributed by atoms with Crippen LogP contribution in [0.3, 0.4) is 0 Å². The largest absolute Gasteiger partial charge is 0.458 e. The number of hydrogen-bond acceptors (Lipinski definition) is 5. The third kappa shape index (κ3) is 7.03. The van der Waals surface area contributed by atoms with Crippen LogP contribution in [0.25, 0.3) is 0 Å². The lowest BCUT2D eigenvalue weighted by Gasteiger charge is -2.33. The van der Waals surface area contributed by atoms with E-state index in [9.17, 15) is 14.4 Å². The van der Waals surface area contributed by atoms with Gasteiger partial charge in [0.25, 0.3) is 0 Å². The first-order chi connectivity index (χ1) is 12.1. The van der Waals surface area contributed by atoms with Crippen LogP contribution in [0.15, 0.2) is 0 Å². The summed E-state index contributed by atoms with van der Waals surface area (Å²) in [5.74, 6) is -0.982. The lowest BCUT2D eigenvalue weighted by molar-refractivity contribution is -0.166. The van der Waals surface area contributed by atoms with E-state index in [1.54, 1.807) is 32.7 Å². The topological polar surface area (TPSA) is 76.2 Å². The van der Waals surface area contributed by atoms with E-state index < -0.39 is 29.3 Å². The van der Waals surface area contributed by atoms with Gasteiger partial charge in [-0.1, -0.05) is 13.8 Å². The normalized spacial score (nSPS) is 19.0. The van der Waals surface area contributed by atoms with E-state index in [0.29, 0.717) is 19.5 Å². The van der Waals surface area contributed by atoms with Crippen molar-refractivity contribution in [3.8, 4) is 0 Å². The first-order valence-electron chi connectivity index (χ1n) is 9.60. The second-order valence-electron chi connectivity index (χ2n) is 9.58. The summed E-state index contributed by atoms with van der Waals surface area (Å²) in [5, 5.41) is 0. The Morgan fingerprint density at radius 3 is 1.96 bits per heavy atom. The van der Waals surface area contributed by atoms with Crippen molar-refractivity contribution >= 4 is 18.0 Å². The van der Waals surface area contributed by atoms with Crippen molar-refractivity contribution < 1.29 is 23.9 Å². The van der Waals surface area contributed by atoms with Gasteiger partial charge >= 0.3 is 12.1 Å². The van der Waals surface area contributed by atoms with Crippen LogP contribution in [0.5, 0.6) is 0 Å². The Morgan fingerprint density at radius 2 is 1.52 bits per heavy atom. The molecule has 0 bridgehead atoms. The molecule has 1 heterocycles. The highest BCUT2D eigenvalue weighted by Crippen LogP contribution is 2.24. The van der Waals surface area contributed by atoms with Crippen LogP contribution in [0.4, 0.5) is 4.79 Å². The molecule has 156 valence electrons. The molecule has 7 nitrogen and oxygen atoms in total. The average molecular weight is 385 g/mol. The molecular formula is C20H36N2O5. The molecule has 0 N–H and O–H groups in total. The summed E-state index contributed by atoms with van der Waals surface area (Å²) in [6, 6.07) is -0.660. The van der Waals surface area contributed by atoms with Gasteiger partial charge < -0.3 is 19.3 Å². The predicted molar refractivity (Wildman–Crippen MR) is 103 cm³/mol. The summed E-state index contributed by atoms with van der Waals surface area (Å²) in [5.41, 5.74) is -1.19. The first kappa shape index (κ1) is 23.2. The zero-order valence-electron chi connectivity index (χ0n) is 18.3. The van der Waals surface area contributed by atoms with Crippen LogP contribution in [-0.4, -0.2) is 65.2 Å². The van der Waals surface area contributed by atoms with E-state index in [1.165, 1.54) is 4.90 Å². The minimum Gasteiger partial charge on any atom is -0.458 e. The summed E-state index contributed by atoms with van der Waals surface area (Å²) in [6.07, 6.45) is 0.148. The molecule has 0 spiro atoms. The van der Waals surface area contributed by atoms with Gasteiger partial charge in [-0.2, -0.15) is 0 Å². The highest BCUT2D eigenvalue weighted by molar-refractivity contribution is 5.86. The Kier molecular flexibility index (Phi) is 7.30. The first-order valence-corrected chi connectivity index (χ1v) is 9.60. The van der Waals surface area contributed by atoms with Crippen molar-refractivity contribution in [1.82, 2.24) is 9.80 Å². The van der Waals surface area contributed by atoms with E-state index in [-0.39, 0.29) is 17.7 Å². The molecule has 0 aromatic heterocycles. The van der Waals surface area contributed by atoms with Crippen molar-refractivity contribution in [2.75, 3.05) is 20.1 Å². The van der Waals surface area contributed by atoms with E-state index in [4.69, 9.17) is 9.47 Å². The fourth-order valence-electron chi connectivity index (χ4n) is 3.12. The van der Waals surface area contributed by atoms with Gasteiger partial charge in [0.15, 0.2) is 0 Å². The number of rotatable bonds is 4. The monoisotopic (exact) mass is 384 g/mol. The Morgan fingerprint density at radius 1 is 1.00 bits per heavy atom. The molecule has 1 aliphatic heterocycles. The lowest BCUT2D eigenvalue weighted by Crippen LogP contribution is -2.50. The number of hydrogen-bond donors (Lipinski definition) is 0. The Hall–Kier alpha value is -1.79. The van der Waals surface area contributed by atoms with Crippen LogP contribution in [0.2, 0.25) is 0 Å². The standard InChI is InChI=1S/C20H36N2O5/c1-13(2)15(17(24)26-19(3,4)5)21(9)16(23)14-10-11-22(12-14)18(25)27-20(6,7)8/h13-15H,10-12H2,1-9H3/t14?,15-/m0/s1. The fraction of sp³-hybridized carbons (Fsp3) is 0.850. The fourth-order valence-corrected chi connectivity index (χ4v) is 3.12.